The van der Waals surface area contributed by atoms with Crippen LogP contribution >= 0.6 is 0 Å². The highest BCUT2D eigenvalue weighted by molar-refractivity contribution is 6.05. The molecule has 0 saturated heterocycles. The van der Waals surface area contributed by atoms with Crippen molar-refractivity contribution in [2.75, 3.05) is 18.9 Å². The van der Waals surface area contributed by atoms with Gasteiger partial charge in [-0.3, -0.25) is 9.59 Å². The van der Waals surface area contributed by atoms with Gasteiger partial charge in [-0.05, 0) is 29.8 Å². The predicted molar refractivity (Wildman–Crippen MR) is 117 cm³/mol. The summed E-state index contributed by atoms with van der Waals surface area (Å²) < 4.78 is 40.4. The SMILES string of the molecule is CN=CC(C=N)[C@H]1[C@H](C(=O)Nc2cccc(C#N)c2)c2ccccc2C(=O)N1CC(F)(F)F. The minimum absolute atomic E-state index is 0.0129. The van der Waals surface area contributed by atoms with Crippen LogP contribution in [0, 0.1) is 22.7 Å². The van der Waals surface area contributed by atoms with Crippen LogP contribution in [0.15, 0.2) is 53.5 Å². The zero-order valence-electron chi connectivity index (χ0n) is 17.5. The quantitative estimate of drug-likeness (QED) is 0.649. The lowest BCUT2D eigenvalue weighted by molar-refractivity contribution is -0.148. The van der Waals surface area contributed by atoms with Crippen molar-refractivity contribution < 1.29 is 22.8 Å². The number of fused-ring (bicyclic) bond motifs is 1. The molecule has 0 aromatic heterocycles. The van der Waals surface area contributed by atoms with Gasteiger partial charge in [-0.25, -0.2) is 0 Å². The number of carbonyl (C=O) groups is 2. The summed E-state index contributed by atoms with van der Waals surface area (Å²) in [6, 6.07) is 12.7. The van der Waals surface area contributed by atoms with Crippen molar-refractivity contribution in [3.63, 3.8) is 0 Å². The summed E-state index contributed by atoms with van der Waals surface area (Å²) in [4.78, 5) is 31.0. The van der Waals surface area contributed by atoms with E-state index < -0.39 is 42.4 Å². The molecule has 3 atom stereocenters. The highest BCUT2D eigenvalue weighted by atomic mass is 19.4. The lowest BCUT2D eigenvalue weighted by atomic mass is 9.77. The largest absolute Gasteiger partial charge is 0.406 e. The first-order chi connectivity index (χ1) is 15.7. The number of benzene rings is 2. The van der Waals surface area contributed by atoms with Gasteiger partial charge in [0, 0.05) is 30.7 Å². The molecule has 0 fully saturated rings. The fourth-order valence-corrected chi connectivity index (χ4v) is 4.00. The van der Waals surface area contributed by atoms with Gasteiger partial charge in [-0.15, -0.1) is 0 Å². The number of hydrogen-bond donors (Lipinski definition) is 2. The molecule has 2 aromatic carbocycles. The van der Waals surface area contributed by atoms with Crippen molar-refractivity contribution in [3.05, 3.63) is 65.2 Å². The first-order valence-corrected chi connectivity index (χ1v) is 9.90. The van der Waals surface area contributed by atoms with E-state index in [2.05, 4.69) is 10.3 Å². The molecule has 2 N–H and O–H groups in total. The summed E-state index contributed by atoms with van der Waals surface area (Å²) in [5.74, 6) is -3.81. The third-order valence-electron chi connectivity index (χ3n) is 5.29. The fraction of sp³-hybridized carbons (Fsp3) is 0.261. The van der Waals surface area contributed by atoms with Gasteiger partial charge >= 0.3 is 6.18 Å². The fourth-order valence-electron chi connectivity index (χ4n) is 4.00. The van der Waals surface area contributed by atoms with Crippen LogP contribution in [0.2, 0.25) is 0 Å². The zero-order valence-corrected chi connectivity index (χ0v) is 17.5. The number of halogens is 3. The molecule has 2 aromatic rings. The minimum atomic E-state index is -4.72. The average molecular weight is 455 g/mol. The maximum Gasteiger partial charge on any atom is 0.406 e. The predicted octanol–water partition coefficient (Wildman–Crippen LogP) is 3.63. The molecule has 1 aliphatic rings. The second kappa shape index (κ2) is 9.65. The monoisotopic (exact) mass is 455 g/mol. The number of amides is 2. The molecule has 0 bridgehead atoms. The number of nitrogens with one attached hydrogen (secondary N) is 2. The van der Waals surface area contributed by atoms with Crippen molar-refractivity contribution in [1.29, 1.82) is 10.7 Å². The zero-order chi connectivity index (χ0) is 24.2. The van der Waals surface area contributed by atoms with Crippen molar-refractivity contribution in [2.45, 2.75) is 18.1 Å². The van der Waals surface area contributed by atoms with Crippen LogP contribution in [0.25, 0.3) is 0 Å². The highest BCUT2D eigenvalue weighted by Gasteiger charge is 2.49. The Balaban J connectivity index is 2.15. The normalized spacial score (nSPS) is 19.0. The Hall–Kier alpha value is -4.00. The van der Waals surface area contributed by atoms with Crippen LogP contribution in [0.3, 0.4) is 0 Å². The Morgan fingerprint density at radius 3 is 2.67 bits per heavy atom. The van der Waals surface area contributed by atoms with Crippen LogP contribution in [0.5, 0.6) is 0 Å². The molecule has 3 rings (SSSR count). The van der Waals surface area contributed by atoms with Crippen LogP contribution in [-0.2, 0) is 4.79 Å². The summed E-state index contributed by atoms with van der Waals surface area (Å²) in [6.07, 6.45) is -2.60. The first kappa shape index (κ1) is 23.7. The van der Waals surface area contributed by atoms with E-state index in [1.165, 1.54) is 37.5 Å². The lowest BCUT2D eigenvalue weighted by Crippen LogP contribution is -2.57. The standard InChI is InChI=1S/C23H20F3N5O2/c1-29-12-15(11-28)20-19(21(32)30-16-6-4-5-14(9-16)10-27)17-7-2-3-8-18(17)22(33)31(20)13-23(24,25)26/h2-9,11-12,15,19-20,28H,13H2,1H3,(H,30,32)/t15?,19-,20+/m1/s1. The third kappa shape index (κ3) is 5.09. The molecule has 2 amide bonds. The second-order valence-electron chi connectivity index (χ2n) is 7.44. The van der Waals surface area contributed by atoms with E-state index in [4.69, 9.17) is 10.7 Å². The molecule has 170 valence electrons. The van der Waals surface area contributed by atoms with Gasteiger partial charge in [-0.2, -0.15) is 18.4 Å². The molecule has 0 aliphatic carbocycles. The molecule has 1 aliphatic heterocycles. The number of aliphatic imine (C=N–C) groups is 1. The third-order valence-corrected chi connectivity index (χ3v) is 5.29. The molecular weight excluding hydrogens is 435 g/mol. The lowest BCUT2D eigenvalue weighted by Gasteiger charge is -2.43. The topological polar surface area (TPSA) is 109 Å². The Labute approximate surface area is 188 Å². The number of hydrogen-bond acceptors (Lipinski definition) is 5. The van der Waals surface area contributed by atoms with Gasteiger partial charge in [0.25, 0.3) is 5.91 Å². The van der Waals surface area contributed by atoms with Gasteiger partial charge < -0.3 is 20.6 Å². The first-order valence-electron chi connectivity index (χ1n) is 9.90. The van der Waals surface area contributed by atoms with Crippen LogP contribution in [-0.4, -0.2) is 55.0 Å². The van der Waals surface area contributed by atoms with Gasteiger partial charge in [0.05, 0.1) is 29.5 Å². The van der Waals surface area contributed by atoms with E-state index in [0.29, 0.717) is 4.90 Å². The van der Waals surface area contributed by atoms with Crippen LogP contribution < -0.4 is 5.32 Å². The number of nitriles is 1. The Kier molecular flexibility index (Phi) is 6.92. The van der Waals surface area contributed by atoms with E-state index in [0.717, 1.165) is 6.21 Å². The molecule has 0 radical (unpaired) electrons. The molecule has 7 nitrogen and oxygen atoms in total. The summed E-state index contributed by atoms with van der Waals surface area (Å²) in [5.41, 5.74) is 0.820. The maximum atomic E-state index is 13.5. The van der Waals surface area contributed by atoms with Crippen molar-refractivity contribution in [3.8, 4) is 6.07 Å². The molecule has 1 heterocycles. The molecule has 33 heavy (non-hydrogen) atoms. The van der Waals surface area contributed by atoms with Gasteiger partial charge in [0.15, 0.2) is 0 Å². The summed E-state index contributed by atoms with van der Waals surface area (Å²) in [6.45, 7) is -1.58. The second-order valence-corrected chi connectivity index (χ2v) is 7.44. The highest BCUT2D eigenvalue weighted by Crippen LogP contribution is 2.38. The number of nitrogens with zero attached hydrogens (tertiary/aromatic N) is 3. The minimum Gasteiger partial charge on any atom is -0.325 e. The van der Waals surface area contributed by atoms with Crippen LogP contribution in [0.1, 0.15) is 27.4 Å². The van der Waals surface area contributed by atoms with Gasteiger partial charge in [0.1, 0.15) is 6.54 Å². The Morgan fingerprint density at radius 1 is 1.30 bits per heavy atom. The summed E-state index contributed by atoms with van der Waals surface area (Å²) in [5, 5.41) is 19.5. The summed E-state index contributed by atoms with van der Waals surface area (Å²) in [7, 11) is 1.39. The molecule has 10 heteroatoms. The number of anilines is 1. The van der Waals surface area contributed by atoms with Crippen LogP contribution in [0.4, 0.5) is 18.9 Å². The molecule has 0 saturated carbocycles. The van der Waals surface area contributed by atoms with E-state index in [1.54, 1.807) is 24.3 Å². The van der Waals surface area contributed by atoms with Crippen molar-refractivity contribution >= 4 is 29.9 Å². The maximum absolute atomic E-state index is 13.5. The number of alkyl halides is 3. The Bertz CT molecular complexity index is 1140. The van der Waals surface area contributed by atoms with Gasteiger partial charge in [0.2, 0.25) is 5.91 Å². The van der Waals surface area contributed by atoms with E-state index in [9.17, 15) is 22.8 Å². The van der Waals surface area contributed by atoms with Crippen molar-refractivity contribution in [1.82, 2.24) is 4.90 Å². The average Bonchev–Trinajstić information content (AvgIpc) is 2.78. The smallest absolute Gasteiger partial charge is 0.325 e. The van der Waals surface area contributed by atoms with E-state index >= 15 is 0 Å². The van der Waals surface area contributed by atoms with Crippen molar-refractivity contribution in [2.24, 2.45) is 10.9 Å². The molecule has 1 unspecified atom stereocenters. The number of carbonyl (C=O) groups excluding carboxylic acids is 2. The summed E-state index contributed by atoms with van der Waals surface area (Å²) >= 11 is 0. The number of rotatable bonds is 6. The van der Waals surface area contributed by atoms with Gasteiger partial charge in [-0.1, -0.05) is 24.3 Å². The molecule has 0 spiro atoms. The van der Waals surface area contributed by atoms with E-state index in [1.807, 2.05) is 6.07 Å². The Morgan fingerprint density at radius 2 is 2.03 bits per heavy atom. The van der Waals surface area contributed by atoms with E-state index in [-0.39, 0.29) is 22.4 Å². The molecular formula is C23H20F3N5O2.